The summed E-state index contributed by atoms with van der Waals surface area (Å²) in [6, 6.07) is 76.1. The lowest BCUT2D eigenvalue weighted by Crippen LogP contribution is -2.10. The maximum absolute atomic E-state index is 2.33. The van der Waals surface area contributed by atoms with Crippen LogP contribution in [0.1, 0.15) is 0 Å². The van der Waals surface area contributed by atoms with Crippen LogP contribution in [0.4, 0.5) is 34.1 Å². The molecule has 1 aromatic heterocycles. The van der Waals surface area contributed by atoms with Gasteiger partial charge in [0.1, 0.15) is 0 Å². The van der Waals surface area contributed by atoms with Crippen molar-refractivity contribution in [2.45, 2.75) is 0 Å². The van der Waals surface area contributed by atoms with Gasteiger partial charge in [0, 0.05) is 38.8 Å². The van der Waals surface area contributed by atoms with Crippen LogP contribution in [0.3, 0.4) is 0 Å². The highest BCUT2D eigenvalue weighted by Gasteiger charge is 2.16. The molecule has 0 spiro atoms. The minimum atomic E-state index is 1.10. The molecule has 0 amide bonds. The molecule has 0 aliphatic carbocycles. The highest BCUT2D eigenvalue weighted by Crippen LogP contribution is 2.40. The summed E-state index contributed by atoms with van der Waals surface area (Å²) in [5, 5.41) is 3.43. The lowest BCUT2D eigenvalue weighted by atomic mass is 10.0. The Balaban J connectivity index is 1.03. The summed E-state index contributed by atoms with van der Waals surface area (Å²) >= 11 is 1.78. The number of rotatable bonds is 9. The van der Waals surface area contributed by atoms with Crippen molar-refractivity contribution in [1.82, 2.24) is 0 Å². The Morgan fingerprint density at radius 3 is 1.00 bits per heavy atom. The minimum Gasteiger partial charge on any atom is -0.311 e. The molecule has 252 valence electrons. The van der Waals surface area contributed by atoms with E-state index in [1.807, 2.05) is 0 Å². The van der Waals surface area contributed by atoms with Crippen LogP contribution in [-0.2, 0) is 0 Å². The summed E-state index contributed by atoms with van der Waals surface area (Å²) in [4.78, 5) is 4.66. The van der Waals surface area contributed by atoms with Crippen LogP contribution < -0.4 is 9.80 Å². The highest BCUT2D eigenvalue weighted by atomic mass is 32.1. The third-order valence-electron chi connectivity index (χ3n) is 9.76. The molecule has 53 heavy (non-hydrogen) atoms. The van der Waals surface area contributed by atoms with Crippen LogP contribution in [0.25, 0.3) is 43.5 Å². The Labute approximate surface area is 315 Å². The second kappa shape index (κ2) is 14.5. The van der Waals surface area contributed by atoms with E-state index in [9.17, 15) is 0 Å². The molecule has 0 unspecified atom stereocenters. The van der Waals surface area contributed by atoms with Gasteiger partial charge in [0.15, 0.2) is 0 Å². The Morgan fingerprint density at radius 2 is 0.585 bits per heavy atom. The zero-order chi connectivity index (χ0) is 35.4. The molecule has 9 aromatic rings. The van der Waals surface area contributed by atoms with Crippen LogP contribution in [-0.4, -0.2) is 0 Å². The average molecular weight is 697 g/mol. The van der Waals surface area contributed by atoms with Crippen LogP contribution in [0.2, 0.25) is 0 Å². The molecule has 0 bridgehead atoms. The van der Waals surface area contributed by atoms with E-state index in [0.29, 0.717) is 0 Å². The summed E-state index contributed by atoms with van der Waals surface area (Å²) in [7, 11) is 0. The Bertz CT molecular complexity index is 2480. The minimum absolute atomic E-state index is 1.10. The van der Waals surface area contributed by atoms with Crippen LogP contribution in [0.5, 0.6) is 0 Å². The topological polar surface area (TPSA) is 6.48 Å². The van der Waals surface area contributed by atoms with Gasteiger partial charge in [-0.05, 0) is 123 Å². The Hall–Kier alpha value is -6.68. The molecule has 2 nitrogen and oxygen atoms in total. The first kappa shape index (κ1) is 32.2. The molecule has 0 fully saturated rings. The lowest BCUT2D eigenvalue weighted by molar-refractivity contribution is 1.28. The average Bonchev–Trinajstić information content (AvgIpc) is 3.72. The van der Waals surface area contributed by atoms with Gasteiger partial charge in [0.2, 0.25) is 0 Å². The predicted molar refractivity (Wildman–Crippen MR) is 227 cm³/mol. The van der Waals surface area contributed by atoms with Gasteiger partial charge >= 0.3 is 0 Å². The fourth-order valence-electron chi connectivity index (χ4n) is 7.03. The molecule has 0 saturated heterocycles. The van der Waals surface area contributed by atoms with Crippen molar-refractivity contribution in [3.8, 4) is 33.4 Å². The molecule has 8 aromatic carbocycles. The number of fused-ring (bicyclic) bond motifs is 1. The third kappa shape index (κ3) is 6.74. The van der Waals surface area contributed by atoms with E-state index in [1.165, 1.54) is 43.5 Å². The maximum Gasteiger partial charge on any atom is 0.0476 e. The second-order valence-corrected chi connectivity index (χ2v) is 14.0. The van der Waals surface area contributed by atoms with E-state index in [0.717, 1.165) is 34.1 Å². The number of para-hydroxylation sites is 1. The van der Waals surface area contributed by atoms with Crippen LogP contribution in [0, 0.1) is 0 Å². The van der Waals surface area contributed by atoms with Crippen LogP contribution >= 0.6 is 11.3 Å². The highest BCUT2D eigenvalue weighted by molar-refractivity contribution is 7.17. The number of benzene rings is 8. The van der Waals surface area contributed by atoms with Crippen molar-refractivity contribution in [3.05, 3.63) is 218 Å². The summed E-state index contributed by atoms with van der Waals surface area (Å²) < 4.78 is 1.29. The first-order valence-electron chi connectivity index (χ1n) is 17.9. The van der Waals surface area contributed by atoms with E-state index in [-0.39, 0.29) is 0 Å². The summed E-state index contributed by atoms with van der Waals surface area (Å²) in [6.45, 7) is 0. The number of thiophene rings is 1. The largest absolute Gasteiger partial charge is 0.311 e. The molecule has 0 radical (unpaired) electrons. The predicted octanol–water partition coefficient (Wildman–Crippen LogP) is 14.8. The zero-order valence-electron chi connectivity index (χ0n) is 29.1. The van der Waals surface area contributed by atoms with Crippen molar-refractivity contribution < 1.29 is 0 Å². The van der Waals surface area contributed by atoms with E-state index in [1.54, 1.807) is 11.3 Å². The van der Waals surface area contributed by atoms with Crippen molar-refractivity contribution >= 4 is 55.5 Å². The molecule has 9 rings (SSSR count). The van der Waals surface area contributed by atoms with Crippen molar-refractivity contribution in [3.63, 3.8) is 0 Å². The standard InChI is InChI=1S/C50H36N2S/c1-4-10-37(11-5-1)39-16-25-45(26-17-39)51(46-27-18-40(19-28-46)38-12-6-2-7-13-38)47-29-20-41(21-30-47)42-22-31-48(32-23-42)52(44-14-8-3-9-15-44)49-33-24-43-34-35-53-50(43)36-49/h1-36H. The normalized spacial score (nSPS) is 11.0. The molecule has 0 atom stereocenters. The molecule has 0 aliphatic rings. The van der Waals surface area contributed by atoms with Crippen LogP contribution in [0.15, 0.2) is 218 Å². The first-order chi connectivity index (χ1) is 26.3. The fourth-order valence-corrected chi connectivity index (χ4v) is 7.85. The molecule has 1 heterocycles. The van der Waals surface area contributed by atoms with Gasteiger partial charge in [0.05, 0.1) is 0 Å². The van der Waals surface area contributed by atoms with E-state index >= 15 is 0 Å². The smallest absolute Gasteiger partial charge is 0.0476 e. The van der Waals surface area contributed by atoms with Gasteiger partial charge in [-0.3, -0.25) is 0 Å². The van der Waals surface area contributed by atoms with Gasteiger partial charge in [0.25, 0.3) is 0 Å². The molecule has 3 heteroatoms. The molecular formula is C50H36N2S. The van der Waals surface area contributed by atoms with E-state index in [4.69, 9.17) is 0 Å². The molecule has 0 saturated carbocycles. The van der Waals surface area contributed by atoms with E-state index in [2.05, 4.69) is 228 Å². The van der Waals surface area contributed by atoms with Crippen molar-refractivity contribution in [2.75, 3.05) is 9.80 Å². The maximum atomic E-state index is 2.33. The zero-order valence-corrected chi connectivity index (χ0v) is 29.9. The number of hydrogen-bond donors (Lipinski definition) is 0. The quantitative estimate of drug-likeness (QED) is 0.148. The monoisotopic (exact) mass is 696 g/mol. The Morgan fingerprint density at radius 1 is 0.264 bits per heavy atom. The summed E-state index contributed by atoms with van der Waals surface area (Å²) in [5.74, 6) is 0. The van der Waals surface area contributed by atoms with Gasteiger partial charge in [-0.1, -0.05) is 133 Å². The SMILES string of the molecule is c1ccc(-c2ccc(N(c3ccc(-c4ccccc4)cc3)c3ccc(-c4ccc(N(c5ccccc5)c5ccc6ccsc6c5)cc4)cc3)cc2)cc1. The second-order valence-electron chi connectivity index (χ2n) is 13.1. The number of anilines is 6. The van der Waals surface area contributed by atoms with Gasteiger partial charge < -0.3 is 9.80 Å². The number of hydrogen-bond acceptors (Lipinski definition) is 3. The summed E-state index contributed by atoms with van der Waals surface area (Å²) in [5.41, 5.74) is 13.9. The van der Waals surface area contributed by atoms with E-state index < -0.39 is 0 Å². The fraction of sp³-hybridized carbons (Fsp3) is 0. The van der Waals surface area contributed by atoms with Gasteiger partial charge in [-0.15, -0.1) is 11.3 Å². The first-order valence-corrected chi connectivity index (χ1v) is 18.8. The lowest BCUT2D eigenvalue weighted by Gasteiger charge is -2.26. The molecular weight excluding hydrogens is 661 g/mol. The Kier molecular flexibility index (Phi) is 8.83. The van der Waals surface area contributed by atoms with Crippen molar-refractivity contribution in [1.29, 1.82) is 0 Å². The van der Waals surface area contributed by atoms with Gasteiger partial charge in [-0.25, -0.2) is 0 Å². The number of nitrogens with zero attached hydrogens (tertiary/aromatic N) is 2. The molecule has 0 aliphatic heterocycles. The third-order valence-corrected chi connectivity index (χ3v) is 10.6. The summed E-state index contributed by atoms with van der Waals surface area (Å²) in [6.07, 6.45) is 0. The van der Waals surface area contributed by atoms with Gasteiger partial charge in [-0.2, -0.15) is 0 Å². The molecule has 0 N–H and O–H groups in total. The van der Waals surface area contributed by atoms with Crippen molar-refractivity contribution in [2.24, 2.45) is 0 Å².